The molecule has 0 aromatic rings. The quantitative estimate of drug-likeness (QED) is 0.0264. The Morgan fingerprint density at radius 1 is 0.818 bits per heavy atom. The highest BCUT2D eigenvalue weighted by Crippen LogP contribution is 2.47. The van der Waals surface area contributed by atoms with Gasteiger partial charge >= 0.3 is 19.8 Å². The lowest BCUT2D eigenvalue weighted by atomic mass is 9.84. The zero-order valence-electron chi connectivity index (χ0n) is 38.9. The fourth-order valence-electron chi connectivity index (χ4n) is 7.45. The zero-order valence-corrected chi connectivity index (χ0v) is 39.8. The molecule has 1 unspecified atom stereocenters. The van der Waals surface area contributed by atoms with Gasteiger partial charge in [0.25, 0.3) is 0 Å². The van der Waals surface area contributed by atoms with Crippen molar-refractivity contribution in [3.63, 3.8) is 0 Å². The van der Waals surface area contributed by atoms with Gasteiger partial charge in [-0.2, -0.15) is 0 Å². The minimum Gasteiger partial charge on any atom is -0.462 e. The molecule has 16 nitrogen and oxygen atoms in total. The van der Waals surface area contributed by atoms with Crippen LogP contribution < -0.4 is 0 Å². The Kier molecular flexibility index (Phi) is 30.6. The number of fused-ring (bicyclic) bond motifs is 4. The Bertz CT molecular complexity index is 1610. The number of allylic oxidation sites excluding steroid dienone is 10. The molecule has 1 saturated carbocycles. The van der Waals surface area contributed by atoms with Gasteiger partial charge in [-0.25, -0.2) is 4.57 Å². The Morgan fingerprint density at radius 2 is 1.47 bits per heavy atom. The van der Waals surface area contributed by atoms with Crippen molar-refractivity contribution < 1.29 is 78.1 Å². The molecule has 1 fully saturated rings. The number of carbonyl (C=O) groups is 3. The number of aliphatic hydroxyl groups excluding tert-OH is 7. The van der Waals surface area contributed by atoms with Gasteiger partial charge in [-0.15, -0.1) is 0 Å². The Labute approximate surface area is 391 Å². The molecule has 1 aliphatic carbocycles. The molecule has 0 aromatic heterocycles. The molecule has 2 aliphatic rings. The first kappa shape index (κ1) is 59.0. The van der Waals surface area contributed by atoms with Crippen LogP contribution in [0.15, 0.2) is 72.9 Å². The molecular weight excluding hydrogens is 875 g/mol. The highest BCUT2D eigenvalue weighted by molar-refractivity contribution is 7.47. The number of esters is 2. The summed E-state index contributed by atoms with van der Waals surface area (Å²) < 4.78 is 34.6. The summed E-state index contributed by atoms with van der Waals surface area (Å²) in [5.41, 5.74) is 0. The third-order valence-electron chi connectivity index (χ3n) is 11.4. The molecule has 1 aliphatic heterocycles. The average Bonchev–Trinajstić information content (AvgIpc) is 3.28. The highest BCUT2D eigenvalue weighted by atomic mass is 31.2. The van der Waals surface area contributed by atoms with Crippen LogP contribution in [0.4, 0.5) is 0 Å². The fourth-order valence-corrected chi connectivity index (χ4v) is 8.42. The molecule has 12 atom stereocenters. The van der Waals surface area contributed by atoms with Crippen molar-refractivity contribution in [2.45, 2.75) is 191 Å². The van der Waals surface area contributed by atoms with Crippen molar-refractivity contribution in [3.8, 4) is 0 Å². The first-order chi connectivity index (χ1) is 31.6. The van der Waals surface area contributed by atoms with Crippen LogP contribution in [0.1, 0.15) is 136 Å². The number of rotatable bonds is 22. The van der Waals surface area contributed by atoms with Crippen molar-refractivity contribution >= 4 is 25.5 Å². The van der Waals surface area contributed by atoms with Crippen molar-refractivity contribution in [3.05, 3.63) is 72.9 Å². The lowest BCUT2D eigenvalue weighted by Gasteiger charge is -2.36. The second kappa shape index (κ2) is 34.2. The van der Waals surface area contributed by atoms with Crippen LogP contribution in [-0.2, 0) is 37.5 Å². The summed E-state index contributed by atoms with van der Waals surface area (Å²) in [6.45, 7) is 2.66. The van der Waals surface area contributed by atoms with Crippen LogP contribution in [0.2, 0.25) is 0 Å². The van der Waals surface area contributed by atoms with E-state index in [1.54, 1.807) is 6.08 Å². The fraction of sp³-hybridized carbons (Fsp3) is 0.694. The van der Waals surface area contributed by atoms with E-state index in [0.29, 0.717) is 25.7 Å². The van der Waals surface area contributed by atoms with Crippen molar-refractivity contribution in [1.29, 1.82) is 0 Å². The van der Waals surface area contributed by atoms with Crippen molar-refractivity contribution in [2.75, 3.05) is 13.2 Å². The molecule has 17 heteroatoms. The number of phosphoric acid groups is 1. The molecule has 8 N–H and O–H groups in total. The van der Waals surface area contributed by atoms with Crippen molar-refractivity contribution in [2.24, 2.45) is 11.8 Å². The Hall–Kier alpha value is -3.12. The third kappa shape index (κ3) is 24.2. The summed E-state index contributed by atoms with van der Waals surface area (Å²) >= 11 is 0. The van der Waals surface area contributed by atoms with E-state index in [1.807, 2.05) is 6.92 Å². The normalized spacial score (nSPS) is 31.4. The number of phosphoric ester groups is 1. The van der Waals surface area contributed by atoms with E-state index in [-0.39, 0.29) is 25.7 Å². The van der Waals surface area contributed by atoms with Gasteiger partial charge in [0.15, 0.2) is 6.10 Å². The molecule has 2 bridgehead atoms. The lowest BCUT2D eigenvalue weighted by Crippen LogP contribution is -2.55. The van der Waals surface area contributed by atoms with Crippen LogP contribution in [0, 0.1) is 11.8 Å². The third-order valence-corrected chi connectivity index (χ3v) is 12.4. The number of ether oxygens (including phenoxy) is 2. The van der Waals surface area contributed by atoms with Gasteiger partial charge in [-0.05, 0) is 70.6 Å². The van der Waals surface area contributed by atoms with Crippen LogP contribution in [0.5, 0.6) is 0 Å². The highest BCUT2D eigenvalue weighted by Gasteiger charge is 2.49. The molecule has 1 heterocycles. The number of Topliss-reactive ketones (excluding diaryl/α,β-unsaturated/α-hetero) is 1. The maximum absolute atomic E-state index is 13.6. The van der Waals surface area contributed by atoms with Gasteiger partial charge in [-0.3, -0.25) is 23.4 Å². The standard InChI is InChI=1S/C49H79O16P/c1-3-5-7-8-9-10-11-12-13-14-15-16-17-18-19-20-25-29-42(53)62-34-37-35-63-66(60,61)65-49-47(58)45(56)39(32-31-36(50)27-23-6-4-2)41(52)33-40(51)38(44(55)46(57)48(49)59)28-24-21-22-26-30-43(54)64-37/h5,7,9-10,12-13,15-16,21,24,31-32,36-39,41,44-50,52,55-59H,3-4,6,8,11,14,17-20,22-23,25-30,33-35H2,1-2H3,(H,60,61)/b7-5-,10-9-,13-12-,16-15-,24-21-,32-31+/t36-,37+,38-,39-,41+,44+,45+,46-,47+,48+,49+/m0/s1. The Morgan fingerprint density at radius 3 is 2.15 bits per heavy atom. The van der Waals surface area contributed by atoms with E-state index in [1.165, 1.54) is 18.2 Å². The van der Waals surface area contributed by atoms with Crippen LogP contribution in [0.25, 0.3) is 0 Å². The largest absolute Gasteiger partial charge is 0.472 e. The summed E-state index contributed by atoms with van der Waals surface area (Å²) in [6.07, 6.45) is 15.0. The molecule has 376 valence electrons. The first-order valence-electron chi connectivity index (χ1n) is 23.8. The molecule has 0 saturated heterocycles. The van der Waals surface area contributed by atoms with Gasteiger partial charge in [-0.1, -0.05) is 119 Å². The zero-order chi connectivity index (χ0) is 48.7. The van der Waals surface area contributed by atoms with Crippen LogP contribution in [-0.4, -0.2) is 127 Å². The summed E-state index contributed by atoms with van der Waals surface area (Å²) in [4.78, 5) is 50.0. The van der Waals surface area contributed by atoms with Gasteiger partial charge in [0.2, 0.25) is 0 Å². The average molecular weight is 955 g/mol. The topological polar surface area (TPSA) is 267 Å². The van der Waals surface area contributed by atoms with Gasteiger partial charge in [0.05, 0.1) is 31.0 Å². The van der Waals surface area contributed by atoms with E-state index in [2.05, 4.69) is 55.5 Å². The van der Waals surface area contributed by atoms with E-state index in [9.17, 15) is 59.6 Å². The number of hydrogen-bond donors (Lipinski definition) is 8. The van der Waals surface area contributed by atoms with Gasteiger partial charge < -0.3 is 50.1 Å². The molecule has 0 amide bonds. The number of unbranched alkanes of at least 4 members (excludes halogenated alkanes) is 6. The van der Waals surface area contributed by atoms with Crippen LogP contribution >= 0.6 is 7.82 Å². The maximum atomic E-state index is 13.6. The predicted octanol–water partition coefficient (Wildman–Crippen LogP) is 6.09. The summed E-state index contributed by atoms with van der Waals surface area (Å²) in [7, 11) is -5.46. The first-order valence-corrected chi connectivity index (χ1v) is 25.3. The van der Waals surface area contributed by atoms with Crippen LogP contribution in [0.3, 0.4) is 0 Å². The number of ketones is 1. The van der Waals surface area contributed by atoms with E-state index in [0.717, 1.165) is 64.2 Å². The Balaban J connectivity index is 2.13. The molecule has 0 aromatic carbocycles. The van der Waals surface area contributed by atoms with E-state index in [4.69, 9.17) is 18.5 Å². The monoisotopic (exact) mass is 955 g/mol. The predicted molar refractivity (Wildman–Crippen MR) is 249 cm³/mol. The maximum Gasteiger partial charge on any atom is 0.472 e. The summed E-state index contributed by atoms with van der Waals surface area (Å²) in [5, 5.41) is 78.4. The number of hydrogen-bond acceptors (Lipinski definition) is 15. The second-order valence-electron chi connectivity index (χ2n) is 17.0. The summed E-state index contributed by atoms with van der Waals surface area (Å²) in [5.74, 6) is -5.11. The van der Waals surface area contributed by atoms with Gasteiger partial charge in [0, 0.05) is 31.1 Å². The number of carbonyl (C=O) groups excluding carboxylic acids is 3. The molecule has 2 rings (SSSR count). The minimum atomic E-state index is -5.46. The SMILES string of the molecule is CC/C=C\C/C=C\C/C=C\C/C=C\CCCCCCC(=O)OC[C@@H]1COP(=O)(O)O[C@H]2[C@H](O)[C@@H](O)[C@H](O)[C@@H](C/C=C\CCCC(=O)O1)C(=O)C[C@@H](O)[C@H](/C=C/[C@@H](O)CCCCC)[C@@H](O)[C@H]2O. The second-order valence-corrected chi connectivity index (χ2v) is 18.4. The molecule has 0 radical (unpaired) electrons. The van der Waals surface area contributed by atoms with E-state index < -0.39 is 112 Å². The molecule has 0 spiro atoms. The molecular formula is C49H79O16P. The van der Waals surface area contributed by atoms with Gasteiger partial charge in [0.1, 0.15) is 36.8 Å². The molecule has 66 heavy (non-hydrogen) atoms. The van der Waals surface area contributed by atoms with E-state index >= 15 is 0 Å². The minimum absolute atomic E-state index is 0.0720. The number of aliphatic hydroxyl groups is 7. The van der Waals surface area contributed by atoms with Crippen molar-refractivity contribution in [1.82, 2.24) is 0 Å². The smallest absolute Gasteiger partial charge is 0.462 e. The number of cyclic esters (lactones) is 1. The lowest BCUT2D eigenvalue weighted by molar-refractivity contribution is -0.166. The summed E-state index contributed by atoms with van der Waals surface area (Å²) in [6, 6.07) is 0.